The van der Waals surface area contributed by atoms with Gasteiger partial charge in [0.15, 0.2) is 5.16 Å². The Balaban J connectivity index is 1.42. The third-order valence-corrected chi connectivity index (χ3v) is 8.05. The molecule has 0 radical (unpaired) electrons. The zero-order chi connectivity index (χ0) is 25.3. The minimum atomic E-state index is -4.05. The van der Waals surface area contributed by atoms with Gasteiger partial charge < -0.3 is 5.32 Å². The Hall–Kier alpha value is -3.83. The molecule has 1 aliphatic heterocycles. The van der Waals surface area contributed by atoms with E-state index in [0.717, 1.165) is 11.8 Å². The highest BCUT2D eigenvalue weighted by molar-refractivity contribution is 7.99. The molecular formula is C25H18F2N4O3S2. The highest BCUT2D eigenvalue weighted by Crippen LogP contribution is 2.42. The van der Waals surface area contributed by atoms with Gasteiger partial charge in [-0.3, -0.25) is 9.10 Å². The first-order valence-electron chi connectivity index (χ1n) is 10.7. The van der Waals surface area contributed by atoms with Crippen LogP contribution in [0, 0.1) is 11.6 Å². The Morgan fingerprint density at radius 2 is 1.78 bits per heavy atom. The highest BCUT2D eigenvalue weighted by Gasteiger charge is 2.36. The van der Waals surface area contributed by atoms with E-state index in [1.807, 2.05) is 0 Å². The topological polar surface area (TPSA) is 92.3 Å². The van der Waals surface area contributed by atoms with Crippen molar-refractivity contribution < 1.29 is 22.0 Å². The number of fused-ring (bicyclic) bond motifs is 3. The number of para-hydroxylation sites is 2. The van der Waals surface area contributed by atoms with Crippen molar-refractivity contribution in [2.45, 2.75) is 16.6 Å². The van der Waals surface area contributed by atoms with Gasteiger partial charge in [0, 0.05) is 5.56 Å². The van der Waals surface area contributed by atoms with Crippen LogP contribution in [0.2, 0.25) is 0 Å². The normalized spacial score (nSPS) is 13.6. The molecular weight excluding hydrogens is 506 g/mol. The van der Waals surface area contributed by atoms with Crippen LogP contribution in [0.5, 0.6) is 0 Å². The third kappa shape index (κ3) is 4.67. The summed E-state index contributed by atoms with van der Waals surface area (Å²) in [6.45, 7) is -0.0662. The number of hydrogen-bond acceptors (Lipinski definition) is 6. The molecule has 1 aromatic heterocycles. The van der Waals surface area contributed by atoms with E-state index in [4.69, 9.17) is 0 Å². The average Bonchev–Trinajstić information content (AvgIpc) is 2.87. The van der Waals surface area contributed by atoms with Gasteiger partial charge in [-0.05, 0) is 35.9 Å². The van der Waals surface area contributed by atoms with Gasteiger partial charge in [0.1, 0.15) is 16.5 Å². The number of carbonyl (C=O) groups excluding carboxylic acids is 1. The Morgan fingerprint density at radius 1 is 1.00 bits per heavy atom. The zero-order valence-corrected chi connectivity index (χ0v) is 20.2. The summed E-state index contributed by atoms with van der Waals surface area (Å²) in [6.07, 6.45) is 1.21. The van der Waals surface area contributed by atoms with E-state index in [2.05, 4.69) is 15.3 Å². The number of amides is 1. The second kappa shape index (κ2) is 9.67. The van der Waals surface area contributed by atoms with Gasteiger partial charge in [-0.15, -0.1) is 0 Å². The smallest absolute Gasteiger partial charge is 0.268 e. The van der Waals surface area contributed by atoms with Gasteiger partial charge in [-0.2, -0.15) is 0 Å². The molecule has 1 N–H and O–H groups in total. The van der Waals surface area contributed by atoms with Crippen LogP contribution < -0.4 is 9.62 Å². The van der Waals surface area contributed by atoms with Crippen molar-refractivity contribution >= 4 is 39.1 Å². The van der Waals surface area contributed by atoms with Crippen molar-refractivity contribution in [2.75, 3.05) is 15.4 Å². The molecule has 0 unspecified atom stereocenters. The Bertz CT molecular complexity index is 1580. The van der Waals surface area contributed by atoms with Crippen LogP contribution >= 0.6 is 11.8 Å². The van der Waals surface area contributed by atoms with Crippen molar-refractivity contribution in [3.8, 4) is 11.3 Å². The molecule has 182 valence electrons. The van der Waals surface area contributed by atoms with Gasteiger partial charge >= 0.3 is 0 Å². The lowest BCUT2D eigenvalue weighted by molar-refractivity contribution is -0.113. The molecule has 3 aromatic carbocycles. The predicted molar refractivity (Wildman–Crippen MR) is 133 cm³/mol. The van der Waals surface area contributed by atoms with Gasteiger partial charge in [0.25, 0.3) is 10.0 Å². The number of aromatic nitrogens is 2. The second-order valence-electron chi connectivity index (χ2n) is 7.84. The molecule has 2 heterocycles. The Morgan fingerprint density at radius 3 is 2.58 bits per heavy atom. The summed E-state index contributed by atoms with van der Waals surface area (Å²) in [7, 11) is -4.05. The fraction of sp³-hybridized carbons (Fsp3) is 0.0800. The van der Waals surface area contributed by atoms with Gasteiger partial charge in [0.05, 0.1) is 35.6 Å². The molecule has 5 rings (SSSR count). The monoisotopic (exact) mass is 524 g/mol. The molecule has 0 saturated carbocycles. The first-order chi connectivity index (χ1) is 17.3. The van der Waals surface area contributed by atoms with Crippen LogP contribution in [0.15, 0.2) is 89.0 Å². The van der Waals surface area contributed by atoms with Crippen LogP contribution in [0.4, 0.5) is 20.2 Å². The van der Waals surface area contributed by atoms with E-state index in [-0.39, 0.29) is 33.7 Å². The largest absolute Gasteiger partial charge is 0.323 e. The van der Waals surface area contributed by atoms with Gasteiger partial charge in [-0.25, -0.2) is 27.2 Å². The molecule has 0 fully saturated rings. The molecule has 0 spiro atoms. The number of halogens is 2. The second-order valence-corrected chi connectivity index (χ2v) is 10.6. The van der Waals surface area contributed by atoms with Crippen molar-refractivity contribution in [1.82, 2.24) is 9.97 Å². The fourth-order valence-corrected chi connectivity index (χ4v) is 5.97. The number of rotatable bonds is 6. The lowest BCUT2D eigenvalue weighted by Crippen LogP contribution is -2.34. The summed E-state index contributed by atoms with van der Waals surface area (Å²) in [5, 5.41) is 2.68. The summed E-state index contributed by atoms with van der Waals surface area (Å²) in [5.41, 5.74) is 1.74. The number of thioether (sulfide) groups is 1. The molecule has 0 saturated heterocycles. The molecule has 0 atom stereocenters. The maximum atomic E-state index is 13.8. The Labute approximate surface area is 210 Å². The summed E-state index contributed by atoms with van der Waals surface area (Å²) in [6, 6.07) is 18.4. The van der Waals surface area contributed by atoms with Crippen LogP contribution in [0.1, 0.15) is 5.56 Å². The number of carbonyl (C=O) groups is 1. The third-order valence-electron chi connectivity index (χ3n) is 5.42. The molecule has 4 aromatic rings. The van der Waals surface area contributed by atoms with Crippen molar-refractivity contribution in [2.24, 2.45) is 0 Å². The van der Waals surface area contributed by atoms with Crippen molar-refractivity contribution in [3.63, 3.8) is 0 Å². The summed E-state index contributed by atoms with van der Waals surface area (Å²) >= 11 is 0.999. The summed E-state index contributed by atoms with van der Waals surface area (Å²) in [5.74, 6) is -1.57. The SMILES string of the molecule is O=C(CSc1ncc2c(n1)-c1ccccc1N(Cc1cccc(F)c1)S2(=O)=O)Nc1ccccc1F. The number of hydrogen-bond donors (Lipinski definition) is 1. The lowest BCUT2D eigenvalue weighted by atomic mass is 10.1. The number of anilines is 2. The number of benzene rings is 3. The Kier molecular flexibility index (Phi) is 6.42. The van der Waals surface area contributed by atoms with E-state index in [1.165, 1.54) is 46.9 Å². The minimum absolute atomic E-state index is 0.0628. The van der Waals surface area contributed by atoms with E-state index < -0.39 is 27.6 Å². The molecule has 1 amide bonds. The van der Waals surface area contributed by atoms with Crippen molar-refractivity contribution in [3.05, 3.63) is 96.2 Å². The number of nitrogens with one attached hydrogen (secondary N) is 1. The van der Waals surface area contributed by atoms with E-state index in [0.29, 0.717) is 16.8 Å². The summed E-state index contributed by atoms with van der Waals surface area (Å²) < 4.78 is 55.7. The van der Waals surface area contributed by atoms with E-state index >= 15 is 0 Å². The molecule has 11 heteroatoms. The van der Waals surface area contributed by atoms with Crippen molar-refractivity contribution in [1.29, 1.82) is 0 Å². The zero-order valence-electron chi connectivity index (χ0n) is 18.6. The van der Waals surface area contributed by atoms with Crippen LogP contribution in [0.3, 0.4) is 0 Å². The lowest BCUT2D eigenvalue weighted by Gasteiger charge is -2.31. The fourth-order valence-electron chi connectivity index (χ4n) is 3.80. The first kappa shape index (κ1) is 23.9. The number of nitrogens with zero attached hydrogens (tertiary/aromatic N) is 3. The van der Waals surface area contributed by atoms with Crippen LogP contribution in [-0.2, 0) is 21.4 Å². The molecule has 0 aliphatic carbocycles. The highest BCUT2D eigenvalue weighted by atomic mass is 32.2. The van der Waals surface area contributed by atoms with E-state index in [1.54, 1.807) is 36.4 Å². The van der Waals surface area contributed by atoms with E-state index in [9.17, 15) is 22.0 Å². The number of sulfonamides is 1. The van der Waals surface area contributed by atoms with Crippen LogP contribution in [0.25, 0.3) is 11.3 Å². The van der Waals surface area contributed by atoms with Crippen LogP contribution in [-0.4, -0.2) is 30.0 Å². The first-order valence-corrected chi connectivity index (χ1v) is 13.2. The molecule has 1 aliphatic rings. The molecule has 36 heavy (non-hydrogen) atoms. The quantitative estimate of drug-likeness (QED) is 0.286. The van der Waals surface area contributed by atoms with Gasteiger partial charge in [0.2, 0.25) is 5.91 Å². The maximum Gasteiger partial charge on any atom is 0.268 e. The summed E-state index contributed by atoms with van der Waals surface area (Å²) in [4.78, 5) is 20.8. The maximum absolute atomic E-state index is 13.8. The average molecular weight is 525 g/mol. The minimum Gasteiger partial charge on any atom is -0.323 e. The van der Waals surface area contributed by atoms with Gasteiger partial charge in [-0.1, -0.05) is 54.2 Å². The standard InChI is InChI=1S/C25H18F2N4O3S2/c26-17-7-5-6-16(12-17)14-31-21-11-4-1-8-18(21)24-22(36(31,33)34)13-28-25(30-24)35-15-23(32)29-20-10-3-2-9-19(20)27/h1-13H,14-15H2,(H,29,32). The molecule has 7 nitrogen and oxygen atoms in total. The molecule has 0 bridgehead atoms. The predicted octanol–water partition coefficient (Wildman–Crippen LogP) is 4.86.